The van der Waals surface area contributed by atoms with Gasteiger partial charge in [-0.3, -0.25) is 0 Å². The molecule has 1 aliphatic heterocycles. The van der Waals surface area contributed by atoms with Crippen LogP contribution in [0.3, 0.4) is 0 Å². The highest BCUT2D eigenvalue weighted by Gasteiger charge is 2.32. The first-order chi connectivity index (χ1) is 8.27. The molecule has 0 aromatic rings. The van der Waals surface area contributed by atoms with Crippen LogP contribution in [0.1, 0.15) is 58.8 Å². The quantitative estimate of drug-likeness (QED) is 0.741. The van der Waals surface area contributed by atoms with E-state index in [9.17, 15) is 0 Å². The number of piperidine rings is 1. The zero-order valence-corrected chi connectivity index (χ0v) is 11.8. The van der Waals surface area contributed by atoms with Crippen LogP contribution in [0.2, 0.25) is 0 Å². The number of fused-ring (bicyclic) bond motifs is 1. The fraction of sp³-hybridized carbons (Fsp3) is 1.00. The summed E-state index contributed by atoms with van der Waals surface area (Å²) in [6.07, 6.45) is 10.2. The van der Waals surface area contributed by atoms with Crippen molar-refractivity contribution in [3.63, 3.8) is 0 Å². The highest BCUT2D eigenvalue weighted by Crippen LogP contribution is 2.35. The molecule has 0 radical (unpaired) electrons. The summed E-state index contributed by atoms with van der Waals surface area (Å²) in [5, 5.41) is 3.53. The second kappa shape index (κ2) is 6.75. The van der Waals surface area contributed by atoms with Crippen LogP contribution >= 0.6 is 0 Å². The highest BCUT2D eigenvalue weighted by atomic mass is 15.2. The van der Waals surface area contributed by atoms with Gasteiger partial charge in [0.1, 0.15) is 0 Å². The fourth-order valence-electron chi connectivity index (χ4n) is 3.68. The van der Waals surface area contributed by atoms with Crippen molar-refractivity contribution in [3.8, 4) is 0 Å². The zero-order chi connectivity index (χ0) is 12.1. The monoisotopic (exact) mass is 238 g/mol. The minimum absolute atomic E-state index is 0.638. The number of rotatable bonds is 5. The maximum Gasteiger partial charge on any atom is 0.0123 e. The standard InChI is InChI=1S/C15H30N2/c1-13(2)16-10-6-12-17-11-5-8-14-7-3-4-9-15(14)17/h13-16H,3-12H2,1-2H3. The summed E-state index contributed by atoms with van der Waals surface area (Å²) in [6, 6.07) is 1.58. The van der Waals surface area contributed by atoms with Gasteiger partial charge in [-0.15, -0.1) is 0 Å². The summed E-state index contributed by atoms with van der Waals surface area (Å²) in [5.74, 6) is 1.04. The van der Waals surface area contributed by atoms with Crippen LogP contribution in [0.5, 0.6) is 0 Å². The molecular weight excluding hydrogens is 208 g/mol. The SMILES string of the molecule is CC(C)NCCCN1CCCC2CCCCC21. The van der Waals surface area contributed by atoms with Gasteiger partial charge in [0.05, 0.1) is 0 Å². The van der Waals surface area contributed by atoms with Gasteiger partial charge in [-0.2, -0.15) is 0 Å². The Balaban J connectivity index is 1.71. The van der Waals surface area contributed by atoms with Gasteiger partial charge in [0, 0.05) is 12.1 Å². The molecule has 17 heavy (non-hydrogen) atoms. The lowest BCUT2D eigenvalue weighted by Gasteiger charge is -2.44. The Morgan fingerprint density at radius 3 is 2.71 bits per heavy atom. The zero-order valence-electron chi connectivity index (χ0n) is 11.8. The van der Waals surface area contributed by atoms with Crippen molar-refractivity contribution in [2.45, 2.75) is 70.9 Å². The van der Waals surface area contributed by atoms with E-state index >= 15 is 0 Å². The molecular formula is C15H30N2. The van der Waals surface area contributed by atoms with Crippen LogP contribution in [-0.2, 0) is 0 Å². The molecule has 100 valence electrons. The van der Waals surface area contributed by atoms with Gasteiger partial charge in [-0.05, 0) is 57.7 Å². The van der Waals surface area contributed by atoms with Crippen LogP contribution in [0.4, 0.5) is 0 Å². The molecule has 1 saturated carbocycles. The molecule has 2 fully saturated rings. The van der Waals surface area contributed by atoms with E-state index in [4.69, 9.17) is 0 Å². The molecule has 2 aliphatic rings. The number of likely N-dealkylation sites (tertiary alicyclic amines) is 1. The molecule has 0 spiro atoms. The predicted molar refractivity (Wildman–Crippen MR) is 74.3 cm³/mol. The minimum Gasteiger partial charge on any atom is -0.314 e. The predicted octanol–water partition coefficient (Wildman–Crippen LogP) is 3.03. The van der Waals surface area contributed by atoms with Gasteiger partial charge in [0.2, 0.25) is 0 Å². The average molecular weight is 238 g/mol. The van der Waals surface area contributed by atoms with E-state index < -0.39 is 0 Å². The Morgan fingerprint density at radius 2 is 1.88 bits per heavy atom. The summed E-state index contributed by atoms with van der Waals surface area (Å²) >= 11 is 0. The van der Waals surface area contributed by atoms with Crippen molar-refractivity contribution in [2.75, 3.05) is 19.6 Å². The summed E-state index contributed by atoms with van der Waals surface area (Å²) in [6.45, 7) is 8.34. The lowest BCUT2D eigenvalue weighted by molar-refractivity contribution is 0.0600. The molecule has 1 aliphatic carbocycles. The van der Waals surface area contributed by atoms with Crippen molar-refractivity contribution >= 4 is 0 Å². The van der Waals surface area contributed by atoms with E-state index in [-0.39, 0.29) is 0 Å². The van der Waals surface area contributed by atoms with Crippen LogP contribution in [0, 0.1) is 5.92 Å². The molecule has 2 unspecified atom stereocenters. The van der Waals surface area contributed by atoms with E-state index in [0.29, 0.717) is 6.04 Å². The lowest BCUT2D eigenvalue weighted by Crippen LogP contribution is -2.47. The van der Waals surface area contributed by atoms with Crippen molar-refractivity contribution in [2.24, 2.45) is 5.92 Å². The molecule has 0 bridgehead atoms. The summed E-state index contributed by atoms with van der Waals surface area (Å²) in [5.41, 5.74) is 0. The molecule has 0 amide bonds. The minimum atomic E-state index is 0.638. The number of hydrogen-bond acceptors (Lipinski definition) is 2. The Morgan fingerprint density at radius 1 is 1.12 bits per heavy atom. The molecule has 1 heterocycles. The molecule has 1 N–H and O–H groups in total. The Bertz CT molecular complexity index is 213. The maximum atomic E-state index is 3.53. The van der Waals surface area contributed by atoms with Crippen LogP contribution < -0.4 is 5.32 Å². The van der Waals surface area contributed by atoms with Gasteiger partial charge >= 0.3 is 0 Å². The van der Waals surface area contributed by atoms with E-state index in [1.807, 2.05) is 0 Å². The molecule has 2 rings (SSSR count). The average Bonchev–Trinajstić information content (AvgIpc) is 2.34. The normalized spacial score (nSPS) is 30.5. The topological polar surface area (TPSA) is 15.3 Å². The fourth-order valence-corrected chi connectivity index (χ4v) is 3.68. The van der Waals surface area contributed by atoms with Crippen molar-refractivity contribution in [1.29, 1.82) is 0 Å². The summed E-state index contributed by atoms with van der Waals surface area (Å²) in [7, 11) is 0. The Hall–Kier alpha value is -0.0800. The maximum absolute atomic E-state index is 3.53. The third-order valence-corrected chi connectivity index (χ3v) is 4.53. The van der Waals surface area contributed by atoms with Crippen molar-refractivity contribution in [3.05, 3.63) is 0 Å². The van der Waals surface area contributed by atoms with E-state index in [1.54, 1.807) is 0 Å². The van der Waals surface area contributed by atoms with Crippen LogP contribution in [0.15, 0.2) is 0 Å². The third-order valence-electron chi connectivity index (χ3n) is 4.53. The Kier molecular flexibility index (Phi) is 5.30. The Labute approximate surface area is 107 Å². The summed E-state index contributed by atoms with van der Waals surface area (Å²) < 4.78 is 0. The van der Waals surface area contributed by atoms with Gasteiger partial charge in [0.15, 0.2) is 0 Å². The van der Waals surface area contributed by atoms with Crippen molar-refractivity contribution < 1.29 is 0 Å². The lowest BCUT2D eigenvalue weighted by atomic mass is 9.78. The molecule has 2 heteroatoms. The van der Waals surface area contributed by atoms with E-state index in [2.05, 4.69) is 24.1 Å². The second-order valence-electron chi connectivity index (χ2n) is 6.25. The van der Waals surface area contributed by atoms with Gasteiger partial charge in [-0.25, -0.2) is 0 Å². The van der Waals surface area contributed by atoms with Gasteiger partial charge in [0.25, 0.3) is 0 Å². The molecule has 0 aromatic heterocycles. The number of hydrogen-bond donors (Lipinski definition) is 1. The first-order valence-electron chi connectivity index (χ1n) is 7.75. The highest BCUT2D eigenvalue weighted by molar-refractivity contribution is 4.87. The first kappa shape index (κ1) is 13.4. The summed E-state index contributed by atoms with van der Waals surface area (Å²) in [4.78, 5) is 2.80. The molecule has 0 aromatic carbocycles. The van der Waals surface area contributed by atoms with E-state index in [0.717, 1.165) is 12.0 Å². The second-order valence-corrected chi connectivity index (χ2v) is 6.25. The van der Waals surface area contributed by atoms with Crippen LogP contribution in [0.25, 0.3) is 0 Å². The molecule has 1 saturated heterocycles. The molecule has 2 nitrogen and oxygen atoms in total. The van der Waals surface area contributed by atoms with Gasteiger partial charge < -0.3 is 10.2 Å². The van der Waals surface area contributed by atoms with Crippen molar-refractivity contribution in [1.82, 2.24) is 10.2 Å². The largest absolute Gasteiger partial charge is 0.314 e. The molecule has 2 atom stereocenters. The number of nitrogens with one attached hydrogen (secondary N) is 1. The first-order valence-corrected chi connectivity index (χ1v) is 7.75. The van der Waals surface area contributed by atoms with E-state index in [1.165, 1.54) is 64.6 Å². The smallest absolute Gasteiger partial charge is 0.0123 e. The third kappa shape index (κ3) is 3.96. The number of nitrogens with zero attached hydrogens (tertiary/aromatic N) is 1. The van der Waals surface area contributed by atoms with Crippen LogP contribution in [-0.4, -0.2) is 36.6 Å². The van der Waals surface area contributed by atoms with Gasteiger partial charge in [-0.1, -0.05) is 26.7 Å².